The van der Waals surface area contributed by atoms with E-state index in [1.807, 2.05) is 178 Å². The Labute approximate surface area is 639 Å². The second-order valence-electron chi connectivity index (χ2n) is 25.7. The summed E-state index contributed by atoms with van der Waals surface area (Å²) in [5.74, 6) is 0.0576. The van der Waals surface area contributed by atoms with E-state index >= 15 is 0 Å². The molecule has 0 aliphatic heterocycles. The number of aryl methyl sites for hydroxylation is 1. The van der Waals surface area contributed by atoms with E-state index in [2.05, 4.69) is 121 Å². The monoisotopic (exact) mass is 1420 g/mol. The minimum absolute atomic E-state index is 0.0252. The highest BCUT2D eigenvalue weighted by molar-refractivity contribution is 6.36. The van der Waals surface area contributed by atoms with Gasteiger partial charge in [0.25, 0.3) is 11.6 Å². The number of nitriles is 1. The summed E-state index contributed by atoms with van der Waals surface area (Å²) >= 11 is 0. The largest absolute Gasteiger partial charge is 0.370 e. The molecule has 0 aliphatic rings. The van der Waals surface area contributed by atoms with Crippen molar-refractivity contribution in [3.63, 3.8) is 0 Å². The van der Waals surface area contributed by atoms with Crippen molar-refractivity contribution in [3.8, 4) is 17.2 Å². The Bertz CT molecular complexity index is 7780. The molecule has 0 spiro atoms. The highest BCUT2D eigenvalue weighted by atomic mass is 15.0. The van der Waals surface area contributed by atoms with E-state index in [1.165, 1.54) is 0 Å². The average Bonchev–Trinajstić information content (AvgIpc) is 0.669. The molecule has 0 aliphatic carbocycles. The van der Waals surface area contributed by atoms with Crippen LogP contribution in [0, 0.1) is 84.0 Å². The number of hydrogen-bond donors (Lipinski definition) is 0. The highest BCUT2D eigenvalue weighted by Gasteiger charge is 2.29. The van der Waals surface area contributed by atoms with E-state index in [1.54, 1.807) is 36.9 Å². The van der Waals surface area contributed by atoms with Crippen molar-refractivity contribution >= 4 is 215 Å². The lowest BCUT2D eigenvalue weighted by atomic mass is 9.85. The fraction of sp³-hybridized carbons (Fsp3) is 0.0211. The van der Waals surface area contributed by atoms with Crippen LogP contribution >= 0.6 is 0 Å². The molecule has 0 saturated heterocycles. The third-order valence-electron chi connectivity index (χ3n) is 20.1. The van der Waals surface area contributed by atoms with Gasteiger partial charge in [-0.3, -0.25) is 58.7 Å². The molecular formula is C95H45N17. The molecule has 5 aromatic heterocycles. The quantitative estimate of drug-likeness (QED) is 0.124. The van der Waals surface area contributed by atoms with Gasteiger partial charge in [-0.25, -0.2) is 0 Å². The molecule has 5 heterocycles. The van der Waals surface area contributed by atoms with E-state index in [0.717, 1.165) is 141 Å². The van der Waals surface area contributed by atoms with Gasteiger partial charge in [0.05, 0.1) is 91.7 Å². The minimum atomic E-state index is -0.0808. The van der Waals surface area contributed by atoms with Crippen LogP contribution in [0.2, 0.25) is 0 Å². The average molecular weight is 1420 g/mol. The van der Waals surface area contributed by atoms with Crippen LogP contribution in [0.25, 0.3) is 217 Å². The zero-order valence-corrected chi connectivity index (χ0v) is 59.1. The molecule has 0 saturated carbocycles. The summed E-state index contributed by atoms with van der Waals surface area (Å²) in [5.41, 5.74) is 9.34. The summed E-state index contributed by atoms with van der Waals surface area (Å²) in [6.07, 6.45) is 10.9. The van der Waals surface area contributed by atoms with Gasteiger partial charge in [0.15, 0.2) is 28.4 Å². The van der Waals surface area contributed by atoms with Crippen molar-refractivity contribution in [1.82, 2.24) is 29.9 Å². The van der Waals surface area contributed by atoms with Gasteiger partial charge in [-0.2, -0.15) is 5.26 Å². The molecule has 0 radical (unpaired) electrons. The minimum Gasteiger partial charge on any atom is -0.370 e. The van der Waals surface area contributed by atoms with E-state index in [-0.39, 0.29) is 51.3 Å². The first-order valence-corrected chi connectivity index (χ1v) is 34.6. The van der Waals surface area contributed by atoms with E-state index in [0.29, 0.717) is 44.1 Å². The molecule has 14 aromatic carbocycles. The van der Waals surface area contributed by atoms with Crippen molar-refractivity contribution in [2.45, 2.75) is 13.8 Å². The van der Waals surface area contributed by atoms with Gasteiger partial charge in [-0.15, -0.1) is 9.97 Å². The van der Waals surface area contributed by atoms with Crippen LogP contribution in [-0.2, 0) is 0 Å². The summed E-state index contributed by atoms with van der Waals surface area (Å²) in [6, 6.07) is 67.2. The zero-order chi connectivity index (χ0) is 77.4. The first kappa shape index (κ1) is 68.9. The third-order valence-corrected chi connectivity index (χ3v) is 20.1. The van der Waals surface area contributed by atoms with Crippen molar-refractivity contribution in [2.75, 3.05) is 0 Å². The molecule has 0 unspecified atom stereocenters. The SMILES string of the molecule is [C-]#[N+]c1c([N+]#[C-])c(C#N)c2c(c1[N+]#[C-])c(-c1ccccc1/C=C\C)c(C)c1ncccc12.[C-]#[N+]c1cc2c3cccnc3c3ccc4ccccc4c3c2c([N+]#[C-])c1[N+]#[C-].[C-]#[N+]c1cc2c3cccnc3c3ccc4ccccc4c3c2cc1[N+]#[C-].[C-]#[N+]c1nc2c3cccnc3c3ccc4ccccc4c3c2nc1[N+]#[C-]. The first-order valence-electron chi connectivity index (χ1n) is 34.6. The number of fused-ring (bicyclic) bond motifs is 27. The molecule has 0 fully saturated rings. The fourth-order valence-electron chi connectivity index (χ4n) is 15.5. The molecule has 0 bridgehead atoms. The maximum atomic E-state index is 10.1. The van der Waals surface area contributed by atoms with Crippen LogP contribution in [0.3, 0.4) is 0 Å². The molecule has 19 rings (SSSR count). The van der Waals surface area contributed by atoms with E-state index < -0.39 is 0 Å². The molecule has 510 valence electrons. The van der Waals surface area contributed by atoms with Gasteiger partial charge in [0.2, 0.25) is 28.1 Å². The Morgan fingerprint density at radius 2 is 0.732 bits per heavy atom. The number of rotatable bonds is 2. The summed E-state index contributed by atoms with van der Waals surface area (Å²) in [5, 5.41) is 30.3. The van der Waals surface area contributed by atoms with Crippen LogP contribution in [0.4, 0.5) is 57.1 Å². The molecule has 19 aromatic rings. The van der Waals surface area contributed by atoms with E-state index in [4.69, 9.17) is 65.7 Å². The summed E-state index contributed by atoms with van der Waals surface area (Å²) in [6.45, 7) is 79.6. The number of pyridine rings is 4. The Hall–Kier alpha value is -17.5. The second kappa shape index (κ2) is 28.5. The number of hydrogen-bond acceptors (Lipinski definition) is 7. The number of nitrogens with zero attached hydrogens (tertiary/aromatic N) is 17. The van der Waals surface area contributed by atoms with Crippen LogP contribution in [0.15, 0.2) is 231 Å². The highest BCUT2D eigenvalue weighted by Crippen LogP contribution is 2.55. The predicted molar refractivity (Wildman–Crippen MR) is 450 cm³/mol. The topological polar surface area (TPSA) is 145 Å². The van der Waals surface area contributed by atoms with Gasteiger partial charge >= 0.3 is 0 Å². The summed E-state index contributed by atoms with van der Waals surface area (Å²) in [7, 11) is 0. The predicted octanol–water partition coefficient (Wildman–Crippen LogP) is 27.6. The molecular weight excluding hydrogens is 1380 g/mol. The number of aromatic nitrogens is 6. The Balaban J connectivity index is 0.000000113. The van der Waals surface area contributed by atoms with Crippen LogP contribution in [-0.4, -0.2) is 29.9 Å². The van der Waals surface area contributed by atoms with Crippen molar-refractivity contribution in [1.29, 1.82) is 5.26 Å². The van der Waals surface area contributed by atoms with Gasteiger partial charge in [-0.1, -0.05) is 195 Å². The van der Waals surface area contributed by atoms with Crippen LogP contribution < -0.4 is 0 Å². The van der Waals surface area contributed by atoms with Crippen molar-refractivity contribution in [3.05, 3.63) is 362 Å². The molecule has 0 atom stereocenters. The van der Waals surface area contributed by atoms with Crippen molar-refractivity contribution < 1.29 is 0 Å². The maximum Gasteiger partial charge on any atom is 0.294 e. The molecule has 0 N–H and O–H groups in total. The lowest BCUT2D eigenvalue weighted by Gasteiger charge is -2.20. The van der Waals surface area contributed by atoms with Crippen LogP contribution in [0.1, 0.15) is 23.6 Å². The van der Waals surface area contributed by atoms with Gasteiger partial charge < -0.3 is 9.69 Å². The van der Waals surface area contributed by atoms with Gasteiger partial charge in [0, 0.05) is 62.5 Å². The standard InChI is InChI=1S/C27H15N5.C24H10N4.C23H11N3.C21H9N5/c1-6-10-17-11-7-8-12-18(17)21-16(2)24-19(13-9-14-32-24)22-20(15-28)25(29-3)27(31-5)26(30-4)23(21)22;1-25-19-13-18-16-9-6-12-28-22(16)17-11-10-14-7-4-5-8-15(14)20(17)21(18)24(27-3)23(19)26-2;1-24-20-12-18-16-8-5-11-26-23(16)17-10-9-14-6-3-4-7-15(14)22(17)19(18)13-21(20)25-2;1-22-20-21(23-2)26-19-16-13-7-4-3-6-12(13)9-10-14(16)17-15(18(19)25-20)8-5-11-24-17/h6-14H,1-2H3;4-13H;3-13H;3-11H/b10-6-;;;. The third kappa shape index (κ3) is 10.9. The Morgan fingerprint density at radius 1 is 0.312 bits per heavy atom. The van der Waals surface area contributed by atoms with Crippen LogP contribution in [0.5, 0.6) is 0 Å². The first-order chi connectivity index (χ1) is 55.0. The van der Waals surface area contributed by atoms with Crippen molar-refractivity contribution in [2.24, 2.45) is 0 Å². The molecule has 0 amide bonds. The molecule has 17 heteroatoms. The lowest BCUT2D eigenvalue weighted by molar-refractivity contribution is 1.35. The Kier molecular flexibility index (Phi) is 17.6. The Morgan fingerprint density at radius 3 is 1.28 bits per heavy atom. The van der Waals surface area contributed by atoms with Gasteiger partial charge in [0.1, 0.15) is 0 Å². The number of benzene rings is 14. The molecule has 17 nitrogen and oxygen atoms in total. The lowest BCUT2D eigenvalue weighted by Crippen LogP contribution is -1.96. The zero-order valence-electron chi connectivity index (χ0n) is 59.1. The van der Waals surface area contributed by atoms with Gasteiger partial charge in [-0.05, 0) is 142 Å². The maximum absolute atomic E-state index is 10.1. The smallest absolute Gasteiger partial charge is 0.294 e. The summed E-state index contributed by atoms with van der Waals surface area (Å²) in [4.78, 5) is 62.8. The fourth-order valence-corrected chi connectivity index (χ4v) is 15.5. The normalized spacial score (nSPS) is 10.8. The summed E-state index contributed by atoms with van der Waals surface area (Å²) < 4.78 is 0. The second-order valence-corrected chi connectivity index (χ2v) is 25.7. The molecule has 112 heavy (non-hydrogen) atoms. The number of allylic oxidation sites excluding steroid dienone is 1. The van der Waals surface area contributed by atoms with E-state index in [9.17, 15) is 5.26 Å².